The Balaban J connectivity index is 1.25. The van der Waals surface area contributed by atoms with Crippen molar-refractivity contribution in [1.82, 2.24) is 14.7 Å². The Labute approximate surface area is 261 Å². The molecule has 1 aliphatic carbocycles. The Bertz CT molecular complexity index is 1300. The number of hydrogen-bond donors (Lipinski definition) is 1. The summed E-state index contributed by atoms with van der Waals surface area (Å²) < 4.78 is 67.7. The molecule has 3 fully saturated rings. The van der Waals surface area contributed by atoms with Crippen LogP contribution >= 0.6 is 0 Å². The lowest BCUT2D eigenvalue weighted by molar-refractivity contribution is -0.167. The van der Waals surface area contributed by atoms with Gasteiger partial charge in [0.2, 0.25) is 5.91 Å². The van der Waals surface area contributed by atoms with E-state index in [1.165, 1.54) is 6.07 Å². The molecule has 45 heavy (non-hydrogen) atoms. The van der Waals surface area contributed by atoms with Gasteiger partial charge in [0.05, 0.1) is 6.42 Å². The number of alkyl halides is 3. The summed E-state index contributed by atoms with van der Waals surface area (Å²) in [5.41, 5.74) is 1.28. The maximum atomic E-state index is 13.7. The summed E-state index contributed by atoms with van der Waals surface area (Å²) in [7, 11) is 0. The lowest BCUT2D eigenvalue weighted by atomic mass is 9.83. The molecule has 246 valence electrons. The lowest BCUT2D eigenvalue weighted by Gasteiger charge is -2.40. The maximum absolute atomic E-state index is 13.7. The van der Waals surface area contributed by atoms with E-state index in [-0.39, 0.29) is 23.3 Å². The number of carboxylic acids is 1. The van der Waals surface area contributed by atoms with Crippen molar-refractivity contribution >= 4 is 11.9 Å². The zero-order valence-corrected chi connectivity index (χ0v) is 25.4. The quantitative estimate of drug-likeness (QED) is 0.319. The molecule has 0 spiro atoms. The van der Waals surface area contributed by atoms with Gasteiger partial charge in [0.15, 0.2) is 11.6 Å². The highest BCUT2D eigenvalue weighted by Crippen LogP contribution is 2.39. The molecular weight excluding hydrogens is 593 g/mol. The fraction of sp³-hybridized carbons (Fsp3) is 0.588. The van der Waals surface area contributed by atoms with Crippen LogP contribution in [0.1, 0.15) is 62.0 Å². The predicted molar refractivity (Wildman–Crippen MR) is 160 cm³/mol. The van der Waals surface area contributed by atoms with Gasteiger partial charge in [-0.25, -0.2) is 8.78 Å². The fourth-order valence-electron chi connectivity index (χ4n) is 7.79. The second-order valence-electron chi connectivity index (χ2n) is 13.0. The van der Waals surface area contributed by atoms with Gasteiger partial charge in [-0.1, -0.05) is 55.7 Å². The van der Waals surface area contributed by atoms with Crippen LogP contribution in [0.5, 0.6) is 0 Å². The van der Waals surface area contributed by atoms with Crippen molar-refractivity contribution in [3.05, 3.63) is 71.3 Å². The van der Waals surface area contributed by atoms with Crippen LogP contribution in [0.3, 0.4) is 0 Å². The van der Waals surface area contributed by atoms with Gasteiger partial charge < -0.3 is 14.9 Å². The van der Waals surface area contributed by atoms with Crippen LogP contribution in [0.4, 0.5) is 22.0 Å². The summed E-state index contributed by atoms with van der Waals surface area (Å²) in [4.78, 5) is 30.8. The van der Waals surface area contributed by atoms with Crippen molar-refractivity contribution in [2.45, 2.75) is 75.5 Å². The van der Waals surface area contributed by atoms with E-state index in [9.17, 15) is 36.6 Å². The highest BCUT2D eigenvalue weighted by atomic mass is 19.4. The number of carbonyl (C=O) groups is 2. The third-order valence-electron chi connectivity index (χ3n) is 9.94. The molecule has 0 radical (unpaired) electrons. The average molecular weight is 636 g/mol. The standard InChI is InChI=1S/C34H42F5N3O3/c35-29-12-11-23(17-30(29)36)18-31(43)42(22-34(37,38)39)27-13-15-40(16-14-27)19-26-20-41(21-28(26)24-7-3-1-4-8-24)32(33(44)45)25-9-5-2-6-10-25/h1,3-4,7-8,11-12,17,25-28,32H,2,5-6,9-10,13-16,18-22H2,(H,44,45). The van der Waals surface area contributed by atoms with Crippen molar-refractivity contribution in [2.75, 3.05) is 39.3 Å². The first-order valence-corrected chi connectivity index (χ1v) is 16.0. The molecule has 6 nitrogen and oxygen atoms in total. The summed E-state index contributed by atoms with van der Waals surface area (Å²) in [6.45, 7) is 1.57. The largest absolute Gasteiger partial charge is 0.480 e. The molecule has 11 heteroatoms. The van der Waals surface area contributed by atoms with Gasteiger partial charge in [-0.2, -0.15) is 13.2 Å². The van der Waals surface area contributed by atoms with Crippen molar-refractivity contribution in [1.29, 1.82) is 0 Å². The molecule has 0 aromatic heterocycles. The molecule has 3 atom stereocenters. The number of carboxylic acid groups (broad SMARTS) is 1. The summed E-state index contributed by atoms with van der Waals surface area (Å²) in [6.07, 6.45) is 0.749. The van der Waals surface area contributed by atoms with Crippen molar-refractivity contribution in [3.8, 4) is 0 Å². The molecule has 3 unspecified atom stereocenters. The first-order valence-electron chi connectivity index (χ1n) is 16.0. The molecule has 1 N–H and O–H groups in total. The molecule has 2 aromatic rings. The Hall–Kier alpha value is -3.05. The van der Waals surface area contributed by atoms with Crippen molar-refractivity contribution in [2.24, 2.45) is 11.8 Å². The third-order valence-corrected chi connectivity index (χ3v) is 9.94. The average Bonchev–Trinajstić information content (AvgIpc) is 3.41. The number of benzene rings is 2. The number of rotatable bonds is 10. The SMILES string of the molecule is O=C(O)C(C1CCCCC1)N1CC(CN2CCC(N(CC(F)(F)F)C(=O)Cc3ccc(F)c(F)c3)CC2)C(c2ccccc2)C1. The van der Waals surface area contributed by atoms with E-state index in [0.29, 0.717) is 45.6 Å². The van der Waals surface area contributed by atoms with Crippen LogP contribution in [0.2, 0.25) is 0 Å². The molecule has 2 aliphatic heterocycles. The maximum Gasteiger partial charge on any atom is 0.406 e. The zero-order valence-electron chi connectivity index (χ0n) is 25.4. The molecule has 2 heterocycles. The number of likely N-dealkylation sites (tertiary alicyclic amines) is 2. The number of nitrogens with zero attached hydrogens (tertiary/aromatic N) is 3. The minimum absolute atomic E-state index is 0.120. The van der Waals surface area contributed by atoms with E-state index in [1.807, 2.05) is 18.2 Å². The van der Waals surface area contributed by atoms with Gasteiger partial charge in [-0.3, -0.25) is 14.5 Å². The van der Waals surface area contributed by atoms with Gasteiger partial charge in [-0.15, -0.1) is 0 Å². The van der Waals surface area contributed by atoms with Crippen LogP contribution in [0.15, 0.2) is 48.5 Å². The number of piperidine rings is 1. The van der Waals surface area contributed by atoms with E-state index in [1.54, 1.807) is 0 Å². The van der Waals surface area contributed by atoms with E-state index in [4.69, 9.17) is 0 Å². The normalized spacial score (nSPS) is 23.2. The summed E-state index contributed by atoms with van der Waals surface area (Å²) in [6, 6.07) is 11.9. The number of hydrogen-bond acceptors (Lipinski definition) is 4. The van der Waals surface area contributed by atoms with Crippen molar-refractivity contribution in [3.63, 3.8) is 0 Å². The molecule has 1 saturated carbocycles. The van der Waals surface area contributed by atoms with E-state index >= 15 is 0 Å². The second-order valence-corrected chi connectivity index (χ2v) is 13.0. The van der Waals surface area contributed by atoms with Crippen LogP contribution in [-0.2, 0) is 16.0 Å². The number of carbonyl (C=O) groups excluding carboxylic acids is 1. The topological polar surface area (TPSA) is 64.1 Å². The van der Waals surface area contributed by atoms with Gasteiger partial charge in [0, 0.05) is 44.7 Å². The summed E-state index contributed by atoms with van der Waals surface area (Å²) >= 11 is 0. The summed E-state index contributed by atoms with van der Waals surface area (Å²) in [5.74, 6) is -3.36. The second kappa shape index (κ2) is 14.6. The monoisotopic (exact) mass is 635 g/mol. The third kappa shape index (κ3) is 8.61. The van der Waals surface area contributed by atoms with Gasteiger partial charge in [0.25, 0.3) is 0 Å². The Morgan fingerprint density at radius 1 is 0.911 bits per heavy atom. The van der Waals surface area contributed by atoms with E-state index in [0.717, 1.165) is 54.7 Å². The smallest absolute Gasteiger partial charge is 0.406 e. The van der Waals surface area contributed by atoms with Gasteiger partial charge >= 0.3 is 12.1 Å². The molecule has 3 aliphatic rings. The Morgan fingerprint density at radius 2 is 1.60 bits per heavy atom. The highest BCUT2D eigenvalue weighted by Gasteiger charge is 2.44. The van der Waals surface area contributed by atoms with E-state index < -0.39 is 54.7 Å². The minimum atomic E-state index is -4.60. The number of aliphatic carboxylic acids is 1. The van der Waals surface area contributed by atoms with Crippen LogP contribution in [-0.4, -0.2) is 89.2 Å². The molecule has 1 amide bonds. The molecule has 0 bridgehead atoms. The molecule has 2 aromatic carbocycles. The minimum Gasteiger partial charge on any atom is -0.480 e. The van der Waals surface area contributed by atoms with Gasteiger partial charge in [0.1, 0.15) is 12.6 Å². The van der Waals surface area contributed by atoms with Crippen LogP contribution < -0.4 is 0 Å². The lowest BCUT2D eigenvalue weighted by Crippen LogP contribution is -2.51. The van der Waals surface area contributed by atoms with E-state index in [2.05, 4.69) is 21.9 Å². The molecular formula is C34H42F5N3O3. The first-order chi connectivity index (χ1) is 21.5. The zero-order chi connectivity index (χ0) is 32.1. The Kier molecular flexibility index (Phi) is 10.8. The van der Waals surface area contributed by atoms with Crippen LogP contribution in [0.25, 0.3) is 0 Å². The highest BCUT2D eigenvalue weighted by molar-refractivity contribution is 5.79. The molecule has 5 rings (SSSR count). The number of amides is 1. The van der Waals surface area contributed by atoms with Gasteiger partial charge in [-0.05, 0) is 60.8 Å². The first kappa shape index (κ1) is 33.3. The number of halogens is 5. The fourth-order valence-corrected chi connectivity index (χ4v) is 7.79. The summed E-state index contributed by atoms with van der Waals surface area (Å²) in [5, 5.41) is 10.3. The van der Waals surface area contributed by atoms with Crippen LogP contribution in [0, 0.1) is 23.5 Å². The molecule has 2 saturated heterocycles. The Morgan fingerprint density at radius 3 is 2.22 bits per heavy atom. The van der Waals surface area contributed by atoms with Crippen molar-refractivity contribution < 1.29 is 36.6 Å². The predicted octanol–water partition coefficient (Wildman–Crippen LogP) is 6.11.